The van der Waals surface area contributed by atoms with E-state index in [0.29, 0.717) is 22.5 Å². The van der Waals surface area contributed by atoms with Gasteiger partial charge in [0.25, 0.3) is 5.91 Å². The van der Waals surface area contributed by atoms with Gasteiger partial charge < -0.3 is 0 Å². The number of halogens is 3. The number of carbonyl (C=O) groups is 1. The molecule has 3 rings (SSSR count). The maximum Gasteiger partial charge on any atom is 0.426 e. The Kier molecular flexibility index (Phi) is 4.67. The minimum absolute atomic E-state index is 0.356. The fourth-order valence-electron chi connectivity index (χ4n) is 2.58. The van der Waals surface area contributed by atoms with Gasteiger partial charge in [-0.15, -0.1) is 22.7 Å². The highest BCUT2D eigenvalue weighted by Gasteiger charge is 2.37. The Bertz CT molecular complexity index is 751. The summed E-state index contributed by atoms with van der Waals surface area (Å²) >= 11 is 1.85. The van der Waals surface area contributed by atoms with Crippen molar-refractivity contribution >= 4 is 33.7 Å². The van der Waals surface area contributed by atoms with Gasteiger partial charge in [0.2, 0.25) is 0 Å². The van der Waals surface area contributed by atoms with E-state index < -0.39 is 17.0 Å². The molecule has 24 heavy (non-hydrogen) atoms. The number of hydrogen-bond donors (Lipinski definition) is 1. The number of thiazole rings is 1. The summed E-state index contributed by atoms with van der Waals surface area (Å²) in [4.78, 5) is 19.0. The van der Waals surface area contributed by atoms with Crippen LogP contribution >= 0.6 is 22.7 Å². The van der Waals surface area contributed by atoms with Crippen LogP contribution in [0, 0.1) is 0 Å². The highest BCUT2D eigenvalue weighted by atomic mass is 32.1. The molecule has 0 fully saturated rings. The van der Waals surface area contributed by atoms with E-state index in [-0.39, 0.29) is 5.56 Å². The van der Waals surface area contributed by atoms with Gasteiger partial charge in [-0.2, -0.15) is 13.2 Å². The lowest BCUT2D eigenvalue weighted by Crippen LogP contribution is -2.35. The summed E-state index contributed by atoms with van der Waals surface area (Å²) in [6.45, 7) is 5.88. The standard InChI is InChI=1S/C15H16F3N3OS2/c1-8(2)21-5-3-10-11(7-21)24-14(19-10)20-13(22)9-4-6-23-12(9)15(16,17)18/h4,6,8H,3,5,7H2,1-2H3,(H,19,20,22). The minimum atomic E-state index is -4.53. The fraction of sp³-hybridized carbons (Fsp3) is 0.467. The molecule has 0 radical (unpaired) electrons. The van der Waals surface area contributed by atoms with Crippen LogP contribution in [0.3, 0.4) is 0 Å². The number of fused-ring (bicyclic) bond motifs is 1. The topological polar surface area (TPSA) is 45.2 Å². The monoisotopic (exact) mass is 375 g/mol. The second kappa shape index (κ2) is 6.45. The zero-order valence-corrected chi connectivity index (χ0v) is 14.7. The van der Waals surface area contributed by atoms with Gasteiger partial charge in [-0.05, 0) is 25.3 Å². The number of alkyl halides is 3. The second-order valence-corrected chi connectivity index (χ2v) is 7.82. The van der Waals surface area contributed by atoms with Gasteiger partial charge in [0, 0.05) is 30.4 Å². The lowest BCUT2D eigenvalue weighted by atomic mass is 10.1. The van der Waals surface area contributed by atoms with Crippen molar-refractivity contribution in [2.24, 2.45) is 0 Å². The van der Waals surface area contributed by atoms with Gasteiger partial charge >= 0.3 is 6.18 Å². The number of hydrogen-bond acceptors (Lipinski definition) is 5. The van der Waals surface area contributed by atoms with Crippen molar-refractivity contribution in [1.29, 1.82) is 0 Å². The number of nitrogens with one attached hydrogen (secondary N) is 1. The van der Waals surface area contributed by atoms with Gasteiger partial charge in [-0.3, -0.25) is 15.0 Å². The molecule has 0 unspecified atom stereocenters. The third-order valence-corrected chi connectivity index (χ3v) is 5.84. The molecule has 2 aromatic heterocycles. The number of rotatable bonds is 3. The lowest BCUT2D eigenvalue weighted by Gasteiger charge is -2.29. The Balaban J connectivity index is 1.76. The highest BCUT2D eigenvalue weighted by Crippen LogP contribution is 2.36. The van der Waals surface area contributed by atoms with Crippen molar-refractivity contribution in [2.75, 3.05) is 11.9 Å². The van der Waals surface area contributed by atoms with E-state index in [1.165, 1.54) is 22.8 Å². The maximum absolute atomic E-state index is 12.9. The third kappa shape index (κ3) is 3.47. The van der Waals surface area contributed by atoms with Crippen LogP contribution in [0.15, 0.2) is 11.4 Å². The van der Waals surface area contributed by atoms with Crippen LogP contribution in [0.1, 0.15) is 39.7 Å². The van der Waals surface area contributed by atoms with Crippen molar-refractivity contribution in [2.45, 2.75) is 39.0 Å². The summed E-state index contributed by atoms with van der Waals surface area (Å²) in [5, 5.41) is 4.14. The molecule has 3 heterocycles. The third-order valence-electron chi connectivity index (χ3n) is 3.88. The van der Waals surface area contributed by atoms with E-state index >= 15 is 0 Å². The van der Waals surface area contributed by atoms with Crippen molar-refractivity contribution in [1.82, 2.24) is 9.88 Å². The van der Waals surface area contributed by atoms with Crippen molar-refractivity contribution in [3.63, 3.8) is 0 Å². The predicted molar refractivity (Wildman–Crippen MR) is 88.6 cm³/mol. The molecule has 0 saturated heterocycles. The Morgan fingerprint density at radius 1 is 1.42 bits per heavy atom. The first-order valence-electron chi connectivity index (χ1n) is 7.44. The van der Waals surface area contributed by atoms with Gasteiger partial charge in [0.1, 0.15) is 4.88 Å². The Morgan fingerprint density at radius 3 is 2.83 bits per heavy atom. The number of amides is 1. The van der Waals surface area contributed by atoms with Crippen LogP contribution in [0.2, 0.25) is 0 Å². The molecule has 1 amide bonds. The first-order chi connectivity index (χ1) is 11.3. The number of carbonyl (C=O) groups excluding carboxylic acids is 1. The lowest BCUT2D eigenvalue weighted by molar-refractivity contribution is -0.134. The van der Waals surface area contributed by atoms with Gasteiger partial charge in [-0.25, -0.2) is 4.98 Å². The van der Waals surface area contributed by atoms with E-state index in [9.17, 15) is 18.0 Å². The van der Waals surface area contributed by atoms with Crippen LogP contribution < -0.4 is 5.32 Å². The average molecular weight is 375 g/mol. The summed E-state index contributed by atoms with van der Waals surface area (Å²) in [5.74, 6) is -0.768. The van der Waals surface area contributed by atoms with Gasteiger partial charge in [-0.1, -0.05) is 0 Å². The molecule has 0 spiro atoms. The van der Waals surface area contributed by atoms with E-state index in [1.807, 2.05) is 0 Å². The summed E-state index contributed by atoms with van der Waals surface area (Å²) < 4.78 is 38.7. The number of anilines is 1. The second-order valence-electron chi connectivity index (χ2n) is 5.82. The van der Waals surface area contributed by atoms with E-state index in [2.05, 4.69) is 29.0 Å². The molecule has 130 valence electrons. The smallest absolute Gasteiger partial charge is 0.298 e. The Labute approximate surface area is 145 Å². The molecule has 2 aromatic rings. The van der Waals surface area contributed by atoms with Crippen LogP contribution in [-0.2, 0) is 19.1 Å². The molecule has 1 aliphatic heterocycles. The molecular formula is C15H16F3N3OS2. The summed E-state index contributed by atoms with van der Waals surface area (Å²) in [6, 6.07) is 1.61. The summed E-state index contributed by atoms with van der Waals surface area (Å²) in [5.41, 5.74) is 0.568. The molecule has 1 N–H and O–H groups in total. The Hall–Kier alpha value is -1.45. The number of nitrogens with zero attached hydrogens (tertiary/aromatic N) is 2. The maximum atomic E-state index is 12.9. The van der Waals surface area contributed by atoms with Crippen LogP contribution in [-0.4, -0.2) is 28.4 Å². The number of thiophene rings is 1. The van der Waals surface area contributed by atoms with E-state index in [0.717, 1.165) is 30.1 Å². The predicted octanol–water partition coefficient (Wildman–Crippen LogP) is 4.24. The van der Waals surface area contributed by atoms with Gasteiger partial charge in [0.05, 0.1) is 11.3 Å². The molecule has 9 heteroatoms. The molecule has 4 nitrogen and oxygen atoms in total. The van der Waals surface area contributed by atoms with Crippen LogP contribution in [0.25, 0.3) is 0 Å². The van der Waals surface area contributed by atoms with E-state index in [4.69, 9.17) is 0 Å². The molecule has 0 aromatic carbocycles. The minimum Gasteiger partial charge on any atom is -0.298 e. The zero-order valence-electron chi connectivity index (χ0n) is 13.1. The van der Waals surface area contributed by atoms with Crippen molar-refractivity contribution in [3.05, 3.63) is 32.5 Å². The highest BCUT2D eigenvalue weighted by molar-refractivity contribution is 7.16. The summed E-state index contributed by atoms with van der Waals surface area (Å²) in [6.07, 6.45) is -3.74. The Morgan fingerprint density at radius 2 is 2.17 bits per heavy atom. The average Bonchev–Trinajstić information content (AvgIpc) is 3.11. The molecular weight excluding hydrogens is 359 g/mol. The molecule has 0 bridgehead atoms. The summed E-state index contributed by atoms with van der Waals surface area (Å²) in [7, 11) is 0. The normalized spacial score (nSPS) is 15.6. The first kappa shape index (κ1) is 17.4. The first-order valence-corrected chi connectivity index (χ1v) is 9.14. The van der Waals surface area contributed by atoms with Crippen molar-refractivity contribution in [3.8, 4) is 0 Å². The van der Waals surface area contributed by atoms with Crippen LogP contribution in [0.4, 0.5) is 18.3 Å². The molecule has 1 aliphatic rings. The van der Waals surface area contributed by atoms with Crippen LogP contribution in [0.5, 0.6) is 0 Å². The van der Waals surface area contributed by atoms with Crippen molar-refractivity contribution < 1.29 is 18.0 Å². The SMILES string of the molecule is CC(C)N1CCc2nc(NC(=O)c3ccsc3C(F)(F)F)sc2C1. The number of aromatic nitrogens is 1. The largest absolute Gasteiger partial charge is 0.426 e. The molecule has 0 saturated carbocycles. The quantitative estimate of drug-likeness (QED) is 0.873. The van der Waals surface area contributed by atoms with Gasteiger partial charge in [0.15, 0.2) is 5.13 Å². The fourth-order valence-corrected chi connectivity index (χ4v) is 4.37. The van der Waals surface area contributed by atoms with E-state index in [1.54, 1.807) is 0 Å². The zero-order chi connectivity index (χ0) is 17.5. The molecule has 0 atom stereocenters. The molecule has 0 aliphatic carbocycles.